The van der Waals surface area contributed by atoms with E-state index in [4.69, 9.17) is 9.47 Å². The maximum absolute atomic E-state index is 5.18. The second-order valence-corrected chi connectivity index (χ2v) is 2.01. The predicted molar refractivity (Wildman–Crippen MR) is 39.8 cm³/mol. The van der Waals surface area contributed by atoms with E-state index in [1.807, 2.05) is 6.92 Å². The van der Waals surface area contributed by atoms with E-state index in [0.717, 1.165) is 0 Å². The van der Waals surface area contributed by atoms with Gasteiger partial charge in [-0.15, -0.1) is 0 Å². The van der Waals surface area contributed by atoms with Crippen LogP contribution >= 0.6 is 0 Å². The second-order valence-electron chi connectivity index (χ2n) is 2.01. The van der Waals surface area contributed by atoms with E-state index in [1.165, 1.54) is 0 Å². The summed E-state index contributed by atoms with van der Waals surface area (Å²) in [6.45, 7) is 2.50. The number of aryl methyl sites for hydroxylation is 1. The highest BCUT2D eigenvalue weighted by Gasteiger charge is 2.08. The molecule has 0 atom stereocenters. The van der Waals surface area contributed by atoms with Crippen molar-refractivity contribution in [3.8, 4) is 11.6 Å². The van der Waals surface area contributed by atoms with Gasteiger partial charge in [0.2, 0.25) is 5.75 Å². The monoisotopic (exact) mass is 155 g/mol. The normalized spacial score (nSPS) is 9.73. The maximum Gasteiger partial charge on any atom is 0.255 e. The van der Waals surface area contributed by atoms with Crippen LogP contribution in [0.3, 0.4) is 0 Å². The Morgan fingerprint density at radius 3 is 2.91 bits per heavy atom. The molecule has 0 aliphatic rings. The zero-order valence-electron chi connectivity index (χ0n) is 6.92. The van der Waals surface area contributed by atoms with Gasteiger partial charge >= 0.3 is 0 Å². The molecule has 0 saturated heterocycles. The summed E-state index contributed by atoms with van der Waals surface area (Å²) in [5.74, 6) is 1.17. The van der Waals surface area contributed by atoms with Crippen LogP contribution in [-0.2, 0) is 7.05 Å². The second kappa shape index (κ2) is 3.27. The minimum atomic E-state index is 0.567. The number of hydrogen-bond acceptors (Lipinski definition) is 3. The lowest BCUT2D eigenvalue weighted by molar-refractivity contribution is 0.300. The minimum Gasteiger partial charge on any atom is -0.487 e. The topological polar surface area (TPSA) is 36.3 Å². The van der Waals surface area contributed by atoms with E-state index in [2.05, 4.69) is 11.3 Å². The fourth-order valence-electron chi connectivity index (χ4n) is 0.824. The third-order valence-electron chi connectivity index (χ3n) is 1.27. The zero-order valence-corrected chi connectivity index (χ0v) is 6.92. The van der Waals surface area contributed by atoms with Crippen molar-refractivity contribution in [3.05, 3.63) is 6.20 Å². The third-order valence-corrected chi connectivity index (χ3v) is 1.27. The smallest absolute Gasteiger partial charge is 0.255 e. The summed E-state index contributed by atoms with van der Waals surface area (Å²) in [5.41, 5.74) is 0. The van der Waals surface area contributed by atoms with Crippen LogP contribution < -0.4 is 9.47 Å². The third kappa shape index (κ3) is 1.45. The van der Waals surface area contributed by atoms with Gasteiger partial charge in [0, 0.05) is 7.05 Å². The van der Waals surface area contributed by atoms with Crippen molar-refractivity contribution in [2.45, 2.75) is 6.92 Å². The van der Waals surface area contributed by atoms with Crippen molar-refractivity contribution >= 4 is 0 Å². The van der Waals surface area contributed by atoms with Gasteiger partial charge in [0.15, 0.2) is 6.20 Å². The average molecular weight is 155 g/mol. The van der Waals surface area contributed by atoms with Crippen molar-refractivity contribution in [2.75, 3.05) is 13.7 Å². The summed E-state index contributed by atoms with van der Waals surface area (Å²) in [4.78, 5) is 0. The SMILES string of the molecule is CCOc1[c]nn(C)c1OC. The number of aromatic nitrogens is 2. The molecule has 4 nitrogen and oxygen atoms in total. The van der Waals surface area contributed by atoms with Crippen LogP contribution in [-0.4, -0.2) is 23.5 Å². The summed E-state index contributed by atoms with van der Waals surface area (Å²) in [6.07, 6.45) is 2.69. The molecule has 11 heavy (non-hydrogen) atoms. The highest BCUT2D eigenvalue weighted by atomic mass is 16.5. The van der Waals surface area contributed by atoms with Gasteiger partial charge in [-0.3, -0.25) is 0 Å². The number of nitrogens with zero attached hydrogens (tertiary/aromatic N) is 2. The summed E-state index contributed by atoms with van der Waals surface area (Å²) in [7, 11) is 3.35. The van der Waals surface area contributed by atoms with E-state index < -0.39 is 0 Å². The number of methoxy groups -OCH3 is 1. The predicted octanol–water partition coefficient (Wildman–Crippen LogP) is 0.628. The van der Waals surface area contributed by atoms with E-state index >= 15 is 0 Å². The highest BCUT2D eigenvalue weighted by Crippen LogP contribution is 2.23. The Morgan fingerprint density at radius 2 is 2.36 bits per heavy atom. The first-order valence-corrected chi connectivity index (χ1v) is 3.41. The van der Waals surface area contributed by atoms with Crippen molar-refractivity contribution in [2.24, 2.45) is 7.05 Å². The lowest BCUT2D eigenvalue weighted by Crippen LogP contribution is -1.97. The molecule has 1 aromatic heterocycles. The molecule has 0 aliphatic heterocycles. The van der Waals surface area contributed by atoms with E-state index in [-0.39, 0.29) is 0 Å². The number of ether oxygens (including phenoxy) is 2. The van der Waals surface area contributed by atoms with Gasteiger partial charge in [0.25, 0.3) is 5.88 Å². The molecular formula is C7H11N2O2. The molecule has 0 spiro atoms. The largest absolute Gasteiger partial charge is 0.487 e. The molecule has 0 N–H and O–H groups in total. The van der Waals surface area contributed by atoms with Crippen LogP contribution in [0, 0.1) is 6.20 Å². The molecule has 1 radical (unpaired) electrons. The van der Waals surface area contributed by atoms with Gasteiger partial charge in [-0.25, -0.2) is 4.68 Å². The summed E-state index contributed by atoms with van der Waals surface area (Å²) in [6, 6.07) is 0. The molecule has 0 fully saturated rings. The Morgan fingerprint density at radius 1 is 1.64 bits per heavy atom. The Kier molecular flexibility index (Phi) is 2.36. The number of rotatable bonds is 3. The van der Waals surface area contributed by atoms with Crippen LogP contribution in [0.4, 0.5) is 0 Å². The molecule has 0 saturated carbocycles. The summed E-state index contributed by atoms with van der Waals surface area (Å²) < 4.78 is 11.8. The fraction of sp³-hybridized carbons (Fsp3) is 0.571. The van der Waals surface area contributed by atoms with Gasteiger partial charge in [-0.05, 0) is 6.92 Å². The van der Waals surface area contributed by atoms with E-state index in [1.54, 1.807) is 18.8 Å². The zero-order chi connectivity index (χ0) is 8.27. The molecule has 0 aliphatic carbocycles. The molecule has 1 aromatic rings. The van der Waals surface area contributed by atoms with E-state index in [0.29, 0.717) is 18.2 Å². The molecule has 0 amide bonds. The molecule has 0 bridgehead atoms. The molecular weight excluding hydrogens is 144 g/mol. The number of hydrogen-bond donors (Lipinski definition) is 0. The van der Waals surface area contributed by atoms with Crippen molar-refractivity contribution in [3.63, 3.8) is 0 Å². The first-order chi connectivity index (χ1) is 5.29. The maximum atomic E-state index is 5.18. The molecule has 0 aromatic carbocycles. The minimum absolute atomic E-state index is 0.567. The van der Waals surface area contributed by atoms with E-state index in [9.17, 15) is 0 Å². The van der Waals surface area contributed by atoms with Gasteiger partial charge in [-0.1, -0.05) is 0 Å². The van der Waals surface area contributed by atoms with Crippen LogP contribution in [0.2, 0.25) is 0 Å². The van der Waals surface area contributed by atoms with Gasteiger partial charge in [0.05, 0.1) is 13.7 Å². The van der Waals surface area contributed by atoms with Gasteiger partial charge in [0.1, 0.15) is 0 Å². The molecule has 1 heterocycles. The highest BCUT2D eigenvalue weighted by molar-refractivity contribution is 5.29. The summed E-state index contributed by atoms with van der Waals surface area (Å²) >= 11 is 0. The lowest BCUT2D eigenvalue weighted by atomic mass is 10.6. The summed E-state index contributed by atoms with van der Waals surface area (Å²) in [5, 5.41) is 3.85. The first kappa shape index (κ1) is 7.91. The Hall–Kier alpha value is -1.19. The molecule has 4 heteroatoms. The van der Waals surface area contributed by atoms with Crippen LogP contribution in [0.25, 0.3) is 0 Å². The molecule has 61 valence electrons. The fourth-order valence-corrected chi connectivity index (χ4v) is 0.824. The van der Waals surface area contributed by atoms with Crippen LogP contribution in [0.1, 0.15) is 6.92 Å². The molecule has 1 rings (SSSR count). The van der Waals surface area contributed by atoms with Crippen LogP contribution in [0.5, 0.6) is 11.6 Å². The lowest BCUT2D eigenvalue weighted by Gasteiger charge is -2.03. The van der Waals surface area contributed by atoms with Crippen molar-refractivity contribution in [1.29, 1.82) is 0 Å². The van der Waals surface area contributed by atoms with Crippen LogP contribution in [0.15, 0.2) is 0 Å². The quantitative estimate of drug-likeness (QED) is 0.642. The Labute approximate surface area is 65.7 Å². The van der Waals surface area contributed by atoms with Crippen molar-refractivity contribution < 1.29 is 9.47 Å². The van der Waals surface area contributed by atoms with Gasteiger partial charge in [-0.2, -0.15) is 5.10 Å². The van der Waals surface area contributed by atoms with Gasteiger partial charge < -0.3 is 9.47 Å². The molecule has 0 unspecified atom stereocenters. The Balaban J connectivity index is 2.86. The average Bonchev–Trinajstić information content (AvgIpc) is 2.33. The van der Waals surface area contributed by atoms with Crippen molar-refractivity contribution in [1.82, 2.24) is 9.78 Å². The Bertz CT molecular complexity index is 232. The standard InChI is InChI=1S/C7H11N2O2/c1-4-11-6-5-8-9(2)7(6)10-3/h4H2,1-3H3. The first-order valence-electron chi connectivity index (χ1n) is 3.41.